The molecule has 0 amide bonds. The molecule has 0 spiro atoms. The number of hydrogen-bond donors (Lipinski definition) is 2. The number of thiazole rings is 1. The standard InChI is InChI=1S/C12H11N3O2S/c1-6-10(13-2)18-11(14-6)7-3-4-8-9(5-7)17-12(16)15-8/h3-5,13H,1-2H3,(H,15,16). The minimum Gasteiger partial charge on any atom is -0.408 e. The first kappa shape index (κ1) is 11.0. The lowest BCUT2D eigenvalue weighted by atomic mass is 10.2. The van der Waals surface area contributed by atoms with E-state index in [2.05, 4.69) is 15.3 Å². The maximum Gasteiger partial charge on any atom is 0.417 e. The van der Waals surface area contributed by atoms with E-state index in [-0.39, 0.29) is 0 Å². The number of fused-ring (bicyclic) bond motifs is 1. The van der Waals surface area contributed by atoms with Gasteiger partial charge < -0.3 is 9.73 Å². The molecule has 0 fully saturated rings. The average Bonchev–Trinajstić information content (AvgIpc) is 2.89. The normalized spacial score (nSPS) is 11.0. The zero-order chi connectivity index (χ0) is 12.7. The van der Waals surface area contributed by atoms with Gasteiger partial charge in [0.1, 0.15) is 10.0 Å². The smallest absolute Gasteiger partial charge is 0.408 e. The first-order valence-corrected chi connectivity index (χ1v) is 6.27. The predicted octanol–water partition coefficient (Wildman–Crippen LogP) is 2.59. The zero-order valence-electron chi connectivity index (χ0n) is 9.90. The Morgan fingerprint density at radius 3 is 3.00 bits per heavy atom. The topological polar surface area (TPSA) is 70.9 Å². The zero-order valence-corrected chi connectivity index (χ0v) is 10.7. The molecular weight excluding hydrogens is 250 g/mol. The number of nitrogens with zero attached hydrogens (tertiary/aromatic N) is 1. The summed E-state index contributed by atoms with van der Waals surface area (Å²) >= 11 is 1.58. The molecule has 0 unspecified atom stereocenters. The fourth-order valence-corrected chi connectivity index (χ4v) is 2.75. The number of aromatic amines is 1. The third kappa shape index (κ3) is 1.70. The Morgan fingerprint density at radius 2 is 2.28 bits per heavy atom. The van der Waals surface area contributed by atoms with Crippen LogP contribution in [0.2, 0.25) is 0 Å². The highest BCUT2D eigenvalue weighted by molar-refractivity contribution is 7.19. The van der Waals surface area contributed by atoms with Crippen molar-refractivity contribution in [3.05, 3.63) is 34.4 Å². The molecule has 0 saturated carbocycles. The van der Waals surface area contributed by atoms with Gasteiger partial charge in [0, 0.05) is 12.6 Å². The van der Waals surface area contributed by atoms with Crippen molar-refractivity contribution in [2.24, 2.45) is 0 Å². The van der Waals surface area contributed by atoms with Gasteiger partial charge in [-0.3, -0.25) is 4.98 Å². The summed E-state index contributed by atoms with van der Waals surface area (Å²) in [6.45, 7) is 1.96. The second kappa shape index (κ2) is 3.99. The van der Waals surface area contributed by atoms with E-state index in [4.69, 9.17) is 4.42 Å². The Balaban J connectivity index is 2.15. The van der Waals surface area contributed by atoms with Gasteiger partial charge in [-0.1, -0.05) is 11.3 Å². The highest BCUT2D eigenvalue weighted by atomic mass is 32.1. The highest BCUT2D eigenvalue weighted by Gasteiger charge is 2.10. The second-order valence-corrected chi connectivity index (χ2v) is 4.91. The molecule has 0 aliphatic rings. The molecule has 92 valence electrons. The monoisotopic (exact) mass is 261 g/mol. The molecule has 3 rings (SSSR count). The Kier molecular flexibility index (Phi) is 2.45. The molecule has 2 aromatic heterocycles. The van der Waals surface area contributed by atoms with E-state index < -0.39 is 5.76 Å². The van der Waals surface area contributed by atoms with Crippen LogP contribution in [0.15, 0.2) is 27.4 Å². The molecule has 5 nitrogen and oxygen atoms in total. The second-order valence-electron chi connectivity index (χ2n) is 3.91. The minimum atomic E-state index is -0.437. The van der Waals surface area contributed by atoms with Crippen LogP contribution in [0.1, 0.15) is 5.69 Å². The molecule has 0 radical (unpaired) electrons. The maximum atomic E-state index is 11.1. The number of rotatable bonds is 2. The van der Waals surface area contributed by atoms with Gasteiger partial charge in [0.05, 0.1) is 11.2 Å². The molecule has 0 bridgehead atoms. The molecule has 2 heterocycles. The quantitative estimate of drug-likeness (QED) is 0.743. The Hall–Kier alpha value is -2.08. The molecule has 6 heteroatoms. The molecule has 0 aliphatic carbocycles. The summed E-state index contributed by atoms with van der Waals surface area (Å²) < 4.78 is 5.04. The minimum absolute atomic E-state index is 0.437. The summed E-state index contributed by atoms with van der Waals surface area (Å²) in [5.41, 5.74) is 3.16. The molecule has 2 N–H and O–H groups in total. The van der Waals surface area contributed by atoms with Crippen LogP contribution in [0.3, 0.4) is 0 Å². The predicted molar refractivity (Wildman–Crippen MR) is 72.2 cm³/mol. The molecule has 3 aromatic rings. The average molecular weight is 261 g/mol. The fraction of sp³-hybridized carbons (Fsp3) is 0.167. The van der Waals surface area contributed by atoms with Crippen LogP contribution in [-0.2, 0) is 0 Å². The summed E-state index contributed by atoms with van der Waals surface area (Å²) in [7, 11) is 1.87. The number of benzene rings is 1. The number of hydrogen-bond acceptors (Lipinski definition) is 5. The SMILES string of the molecule is CNc1sc(-c2ccc3[nH]c(=O)oc3c2)nc1C. The summed E-state index contributed by atoms with van der Waals surface area (Å²) in [6.07, 6.45) is 0. The van der Waals surface area contributed by atoms with Crippen molar-refractivity contribution in [1.82, 2.24) is 9.97 Å². The third-order valence-electron chi connectivity index (χ3n) is 2.69. The van der Waals surface area contributed by atoms with Crippen molar-refractivity contribution in [3.8, 4) is 10.6 Å². The van der Waals surface area contributed by atoms with Gasteiger partial charge in [0.25, 0.3) is 0 Å². The van der Waals surface area contributed by atoms with Crippen molar-refractivity contribution >= 4 is 27.4 Å². The van der Waals surface area contributed by atoms with Gasteiger partial charge in [-0.15, -0.1) is 0 Å². The number of oxazole rings is 1. The van der Waals surface area contributed by atoms with Crippen LogP contribution in [0.5, 0.6) is 0 Å². The van der Waals surface area contributed by atoms with Crippen LogP contribution in [0.25, 0.3) is 21.7 Å². The largest absolute Gasteiger partial charge is 0.417 e. The summed E-state index contributed by atoms with van der Waals surface area (Å²) in [5.74, 6) is -0.437. The van der Waals surface area contributed by atoms with E-state index in [1.165, 1.54) is 0 Å². The Bertz CT molecular complexity index is 769. The Labute approximate surface area is 106 Å². The fourth-order valence-electron chi connectivity index (χ4n) is 1.83. The van der Waals surface area contributed by atoms with Gasteiger partial charge >= 0.3 is 5.76 Å². The van der Waals surface area contributed by atoms with Crippen molar-refractivity contribution in [1.29, 1.82) is 0 Å². The van der Waals surface area contributed by atoms with Crippen LogP contribution >= 0.6 is 11.3 Å². The van der Waals surface area contributed by atoms with E-state index >= 15 is 0 Å². The first-order valence-electron chi connectivity index (χ1n) is 5.46. The van der Waals surface area contributed by atoms with E-state index in [1.807, 2.05) is 32.2 Å². The van der Waals surface area contributed by atoms with E-state index in [0.717, 1.165) is 21.3 Å². The van der Waals surface area contributed by atoms with Crippen molar-refractivity contribution in [3.63, 3.8) is 0 Å². The summed E-state index contributed by atoms with van der Waals surface area (Å²) in [6, 6.07) is 5.57. The van der Waals surface area contributed by atoms with Crippen LogP contribution < -0.4 is 11.1 Å². The lowest BCUT2D eigenvalue weighted by molar-refractivity contribution is 0.555. The van der Waals surface area contributed by atoms with Gasteiger partial charge in [0.15, 0.2) is 5.58 Å². The van der Waals surface area contributed by atoms with Crippen molar-refractivity contribution < 1.29 is 4.42 Å². The van der Waals surface area contributed by atoms with Gasteiger partial charge in [0.2, 0.25) is 0 Å². The number of anilines is 1. The van der Waals surface area contributed by atoms with Crippen LogP contribution in [0.4, 0.5) is 5.00 Å². The van der Waals surface area contributed by atoms with Gasteiger partial charge in [-0.2, -0.15) is 0 Å². The van der Waals surface area contributed by atoms with E-state index in [1.54, 1.807) is 11.3 Å². The number of aryl methyl sites for hydroxylation is 1. The Morgan fingerprint density at radius 1 is 1.44 bits per heavy atom. The maximum absolute atomic E-state index is 11.1. The third-order valence-corrected chi connectivity index (χ3v) is 3.92. The van der Waals surface area contributed by atoms with Crippen LogP contribution in [0, 0.1) is 6.92 Å². The van der Waals surface area contributed by atoms with E-state index in [9.17, 15) is 4.79 Å². The first-order chi connectivity index (χ1) is 8.67. The molecule has 1 aromatic carbocycles. The van der Waals surface area contributed by atoms with Gasteiger partial charge in [-0.25, -0.2) is 9.78 Å². The van der Waals surface area contributed by atoms with Crippen LogP contribution in [-0.4, -0.2) is 17.0 Å². The molecule has 18 heavy (non-hydrogen) atoms. The molecular formula is C12H11N3O2S. The molecule has 0 aliphatic heterocycles. The lowest BCUT2D eigenvalue weighted by Crippen LogP contribution is -1.92. The van der Waals surface area contributed by atoms with Gasteiger partial charge in [-0.05, 0) is 25.1 Å². The molecule has 0 atom stereocenters. The summed E-state index contributed by atoms with van der Waals surface area (Å²) in [4.78, 5) is 18.2. The van der Waals surface area contributed by atoms with Crippen molar-refractivity contribution in [2.45, 2.75) is 6.92 Å². The highest BCUT2D eigenvalue weighted by Crippen LogP contribution is 2.32. The number of aromatic nitrogens is 2. The summed E-state index contributed by atoms with van der Waals surface area (Å²) in [5, 5.41) is 5.05. The van der Waals surface area contributed by atoms with Crippen molar-refractivity contribution in [2.75, 3.05) is 12.4 Å². The number of H-pyrrole nitrogens is 1. The molecule has 0 saturated heterocycles. The number of nitrogens with one attached hydrogen (secondary N) is 2. The van der Waals surface area contributed by atoms with E-state index in [0.29, 0.717) is 11.1 Å². The lowest BCUT2D eigenvalue weighted by Gasteiger charge is -1.94.